The quantitative estimate of drug-likeness (QED) is 0.461. The Morgan fingerprint density at radius 2 is 2.25 bits per heavy atom. The van der Waals surface area contributed by atoms with E-state index in [-0.39, 0.29) is 16.9 Å². The first-order valence-electron chi connectivity index (χ1n) is 3.03. The second kappa shape index (κ2) is 3.66. The van der Waals surface area contributed by atoms with Crippen LogP contribution in [0.2, 0.25) is 0 Å². The van der Waals surface area contributed by atoms with Crippen molar-refractivity contribution in [2.24, 2.45) is 0 Å². The van der Waals surface area contributed by atoms with Crippen LogP contribution in [-0.2, 0) is 0 Å². The van der Waals surface area contributed by atoms with E-state index in [9.17, 15) is 8.78 Å². The molecule has 0 N–H and O–H groups in total. The molecule has 0 aliphatic carbocycles. The Bertz CT molecular complexity index is 276. The number of halogens is 3. The molecular weight excluding hydrogens is 250 g/mol. The molecule has 1 aromatic heterocycles. The minimum Gasteiger partial charge on any atom is -0.231 e. The average Bonchev–Trinajstić information content (AvgIpc) is 1.82. The third-order valence-corrected chi connectivity index (χ3v) is 2.08. The predicted molar refractivity (Wildman–Crippen MR) is 46.5 cm³/mol. The molecule has 1 rings (SSSR count). The SMILES string of the molecule is Cc1ccnc(SC(F)(F)Br)n1. The van der Waals surface area contributed by atoms with Gasteiger partial charge in [0.05, 0.1) is 0 Å². The number of hydrogen-bond acceptors (Lipinski definition) is 3. The Balaban J connectivity index is 2.77. The van der Waals surface area contributed by atoms with Crippen LogP contribution in [0.5, 0.6) is 0 Å². The zero-order valence-corrected chi connectivity index (χ0v) is 8.49. The molecule has 0 saturated carbocycles. The van der Waals surface area contributed by atoms with Gasteiger partial charge in [-0.05, 0) is 13.0 Å². The average molecular weight is 255 g/mol. The van der Waals surface area contributed by atoms with E-state index in [1.807, 2.05) is 0 Å². The van der Waals surface area contributed by atoms with Crippen molar-refractivity contribution in [1.82, 2.24) is 9.97 Å². The van der Waals surface area contributed by atoms with Crippen LogP contribution >= 0.6 is 27.7 Å². The number of hydrogen-bond donors (Lipinski definition) is 0. The van der Waals surface area contributed by atoms with Crippen LogP contribution in [0.15, 0.2) is 17.4 Å². The van der Waals surface area contributed by atoms with Crippen LogP contribution in [0.1, 0.15) is 5.69 Å². The summed E-state index contributed by atoms with van der Waals surface area (Å²) < 4.78 is 21.7. The fraction of sp³-hybridized carbons (Fsp3) is 0.333. The number of nitrogens with zero attached hydrogens (tertiary/aromatic N) is 2. The van der Waals surface area contributed by atoms with Crippen molar-refractivity contribution in [1.29, 1.82) is 0 Å². The largest absolute Gasteiger partial charge is 0.356 e. The van der Waals surface area contributed by atoms with Crippen molar-refractivity contribution in [3.63, 3.8) is 0 Å². The van der Waals surface area contributed by atoms with E-state index in [1.54, 1.807) is 13.0 Å². The molecule has 0 fully saturated rings. The highest BCUT2D eigenvalue weighted by atomic mass is 79.9. The highest BCUT2D eigenvalue weighted by Crippen LogP contribution is 2.38. The maximum atomic E-state index is 12.3. The van der Waals surface area contributed by atoms with Crippen LogP contribution in [0.3, 0.4) is 0 Å². The molecule has 0 aliphatic rings. The molecule has 1 heterocycles. The molecule has 0 bridgehead atoms. The standard InChI is InChI=1S/C6H5BrF2N2S/c1-4-2-3-10-5(11-4)12-6(7,8)9/h2-3H,1H3. The van der Waals surface area contributed by atoms with Gasteiger partial charge in [0.15, 0.2) is 5.16 Å². The van der Waals surface area contributed by atoms with E-state index >= 15 is 0 Å². The van der Waals surface area contributed by atoms with Gasteiger partial charge in [0.25, 0.3) is 0 Å². The maximum absolute atomic E-state index is 12.3. The molecule has 1 aromatic rings. The Kier molecular flexibility index (Phi) is 3.00. The fourth-order valence-electron chi connectivity index (χ4n) is 0.579. The van der Waals surface area contributed by atoms with Gasteiger partial charge in [0.1, 0.15) is 0 Å². The van der Waals surface area contributed by atoms with Crippen LogP contribution < -0.4 is 0 Å². The van der Waals surface area contributed by atoms with E-state index in [0.717, 1.165) is 0 Å². The van der Waals surface area contributed by atoms with Gasteiger partial charge < -0.3 is 0 Å². The molecule has 0 aromatic carbocycles. The highest BCUT2D eigenvalue weighted by Gasteiger charge is 2.27. The summed E-state index contributed by atoms with van der Waals surface area (Å²) in [4.78, 5) is 7.47. The topological polar surface area (TPSA) is 25.8 Å². The van der Waals surface area contributed by atoms with E-state index in [4.69, 9.17) is 0 Å². The second-order valence-electron chi connectivity index (χ2n) is 2.03. The van der Waals surface area contributed by atoms with Gasteiger partial charge >= 0.3 is 4.16 Å². The molecule has 0 amide bonds. The lowest BCUT2D eigenvalue weighted by Crippen LogP contribution is -1.99. The number of aromatic nitrogens is 2. The van der Waals surface area contributed by atoms with E-state index in [2.05, 4.69) is 25.9 Å². The third kappa shape index (κ3) is 3.44. The van der Waals surface area contributed by atoms with Crippen molar-refractivity contribution in [3.05, 3.63) is 18.0 Å². The summed E-state index contributed by atoms with van der Waals surface area (Å²) in [6, 6.07) is 1.65. The molecule has 2 nitrogen and oxygen atoms in total. The van der Waals surface area contributed by atoms with Crippen molar-refractivity contribution in [3.8, 4) is 0 Å². The van der Waals surface area contributed by atoms with Crippen molar-refractivity contribution < 1.29 is 8.78 Å². The lowest BCUT2D eigenvalue weighted by atomic mass is 10.5. The number of alkyl halides is 3. The second-order valence-corrected chi connectivity index (χ2v) is 4.63. The molecule has 0 radical (unpaired) electrons. The van der Waals surface area contributed by atoms with Gasteiger partial charge in [-0.1, -0.05) is 0 Å². The minimum absolute atomic E-state index is 0.0666. The maximum Gasteiger partial charge on any atom is 0.356 e. The molecule has 12 heavy (non-hydrogen) atoms. The Morgan fingerprint density at radius 3 is 2.75 bits per heavy atom. The molecule has 0 unspecified atom stereocenters. The Labute approximate surface area is 80.9 Å². The first kappa shape index (κ1) is 9.85. The first-order valence-corrected chi connectivity index (χ1v) is 4.64. The third-order valence-electron chi connectivity index (χ3n) is 0.980. The van der Waals surface area contributed by atoms with Gasteiger partial charge in [-0.25, -0.2) is 9.97 Å². The Hall–Kier alpha value is -0.230. The van der Waals surface area contributed by atoms with Gasteiger partial charge in [-0.3, -0.25) is 0 Å². The Morgan fingerprint density at radius 1 is 1.58 bits per heavy atom. The van der Waals surface area contributed by atoms with Gasteiger partial charge in [-0.2, -0.15) is 8.78 Å². The lowest BCUT2D eigenvalue weighted by Gasteiger charge is -2.05. The van der Waals surface area contributed by atoms with Crippen LogP contribution in [0, 0.1) is 6.92 Å². The summed E-state index contributed by atoms with van der Waals surface area (Å²) in [6.07, 6.45) is 1.45. The summed E-state index contributed by atoms with van der Waals surface area (Å²) >= 11 is 2.47. The normalized spacial score (nSPS) is 11.7. The summed E-state index contributed by atoms with van der Waals surface area (Å²) in [5.41, 5.74) is 0.671. The number of aryl methyl sites for hydroxylation is 1. The van der Waals surface area contributed by atoms with E-state index < -0.39 is 4.16 Å². The van der Waals surface area contributed by atoms with Gasteiger partial charge in [0, 0.05) is 39.6 Å². The lowest BCUT2D eigenvalue weighted by molar-refractivity contribution is 0.220. The fourth-order valence-corrected chi connectivity index (χ4v) is 1.52. The molecule has 6 heteroatoms. The predicted octanol–water partition coefficient (Wildman–Crippen LogP) is 2.82. The zero-order valence-electron chi connectivity index (χ0n) is 6.09. The van der Waals surface area contributed by atoms with Crippen LogP contribution in [0.4, 0.5) is 8.78 Å². The van der Waals surface area contributed by atoms with Gasteiger partial charge in [0.2, 0.25) is 0 Å². The molecule has 0 spiro atoms. The van der Waals surface area contributed by atoms with Crippen molar-refractivity contribution >= 4 is 27.7 Å². The molecule has 0 saturated heterocycles. The summed E-state index contributed by atoms with van der Waals surface area (Å²) in [7, 11) is 0. The molecular formula is C6H5BrF2N2S. The van der Waals surface area contributed by atoms with E-state index in [0.29, 0.717) is 5.69 Å². The summed E-state index contributed by atoms with van der Waals surface area (Å²) in [5, 5.41) is 0.0666. The number of thioether (sulfide) groups is 1. The smallest absolute Gasteiger partial charge is 0.231 e. The van der Waals surface area contributed by atoms with E-state index in [1.165, 1.54) is 6.20 Å². The minimum atomic E-state index is -3.00. The van der Waals surface area contributed by atoms with Crippen molar-refractivity contribution in [2.45, 2.75) is 16.2 Å². The molecule has 66 valence electrons. The molecule has 0 atom stereocenters. The highest BCUT2D eigenvalue weighted by molar-refractivity contribution is 9.11. The first-order chi connectivity index (χ1) is 5.47. The van der Waals surface area contributed by atoms with Crippen LogP contribution in [0.25, 0.3) is 0 Å². The van der Waals surface area contributed by atoms with Gasteiger partial charge in [-0.15, -0.1) is 0 Å². The monoisotopic (exact) mass is 254 g/mol. The molecule has 0 aliphatic heterocycles. The van der Waals surface area contributed by atoms with Crippen molar-refractivity contribution in [2.75, 3.05) is 0 Å². The zero-order chi connectivity index (χ0) is 9.19. The van der Waals surface area contributed by atoms with Crippen LogP contribution in [-0.4, -0.2) is 14.1 Å². The number of rotatable bonds is 2. The summed E-state index contributed by atoms with van der Waals surface area (Å²) in [6.45, 7) is 1.72. The summed E-state index contributed by atoms with van der Waals surface area (Å²) in [5.74, 6) is 0.